The summed E-state index contributed by atoms with van der Waals surface area (Å²) in [6.45, 7) is 4.75. The van der Waals surface area contributed by atoms with Gasteiger partial charge in [-0.3, -0.25) is 0 Å². The summed E-state index contributed by atoms with van der Waals surface area (Å²) in [5.74, 6) is 1.93. The molecule has 0 aliphatic heterocycles. The van der Waals surface area contributed by atoms with Crippen LogP contribution in [-0.4, -0.2) is 24.1 Å². The summed E-state index contributed by atoms with van der Waals surface area (Å²) in [5, 5.41) is 3.74. The first-order chi connectivity index (χ1) is 27.0. The molecule has 7 aromatic carbocycles. The summed E-state index contributed by atoms with van der Waals surface area (Å²) in [6.07, 6.45) is 0. The van der Waals surface area contributed by atoms with Crippen LogP contribution < -0.4 is 0 Å². The molecule has 0 atom stereocenters. The van der Waals surface area contributed by atoms with E-state index < -0.39 is 0 Å². The molecule has 5 nitrogen and oxygen atoms in total. The zero-order valence-electron chi connectivity index (χ0n) is 30.5. The van der Waals surface area contributed by atoms with Gasteiger partial charge in [0.2, 0.25) is 0 Å². The predicted octanol–water partition coefficient (Wildman–Crippen LogP) is 12.2. The lowest BCUT2D eigenvalue weighted by Gasteiger charge is -2.21. The Morgan fingerprint density at radius 2 is 0.945 bits per heavy atom. The normalized spacial score (nSPS) is 13.1. The molecule has 11 rings (SSSR count). The Morgan fingerprint density at radius 3 is 1.65 bits per heavy atom. The summed E-state index contributed by atoms with van der Waals surface area (Å²) >= 11 is 0. The molecule has 0 radical (unpaired) electrons. The monoisotopic (exact) mass is 705 g/mol. The molecule has 260 valence electrons. The van der Waals surface area contributed by atoms with Gasteiger partial charge in [0.1, 0.15) is 0 Å². The molecule has 0 spiro atoms. The standard InChI is InChI=1S/C50H35N5/c1-50(2)41-27-14-12-26-38(41)46-45(50)40-30-39-37-25-13-15-28-42(37)54(43(39)31-44(40)55(46)35-22-10-5-11-23-35)36-24-16-21-34(29-36)49-52-47(32-17-6-3-7-18-32)51-48(53-49)33-19-8-4-9-20-33/h3-31H,1-2H3. The first kappa shape index (κ1) is 31.4. The van der Waals surface area contributed by atoms with Crippen LogP contribution in [-0.2, 0) is 5.41 Å². The molecule has 55 heavy (non-hydrogen) atoms. The molecule has 0 saturated carbocycles. The molecule has 0 bridgehead atoms. The molecule has 1 aliphatic rings. The summed E-state index contributed by atoms with van der Waals surface area (Å²) in [6, 6.07) is 62.2. The zero-order valence-corrected chi connectivity index (χ0v) is 30.5. The van der Waals surface area contributed by atoms with Crippen LogP contribution in [0.2, 0.25) is 0 Å². The number of para-hydroxylation sites is 2. The van der Waals surface area contributed by atoms with Crippen molar-refractivity contribution in [3.8, 4) is 56.8 Å². The minimum Gasteiger partial charge on any atom is -0.309 e. The Kier molecular flexibility index (Phi) is 6.83. The highest BCUT2D eigenvalue weighted by Gasteiger charge is 2.40. The number of rotatable bonds is 5. The van der Waals surface area contributed by atoms with Crippen molar-refractivity contribution in [3.63, 3.8) is 0 Å². The summed E-state index contributed by atoms with van der Waals surface area (Å²) in [5.41, 5.74) is 13.7. The van der Waals surface area contributed by atoms with E-state index >= 15 is 0 Å². The number of nitrogens with zero attached hydrogens (tertiary/aromatic N) is 5. The van der Waals surface area contributed by atoms with Crippen LogP contribution >= 0.6 is 0 Å². The minimum absolute atomic E-state index is 0.160. The molecule has 5 heteroatoms. The predicted molar refractivity (Wildman–Crippen MR) is 225 cm³/mol. The average Bonchev–Trinajstić information content (AvgIpc) is 3.84. The van der Waals surface area contributed by atoms with E-state index in [0.29, 0.717) is 17.5 Å². The first-order valence-electron chi connectivity index (χ1n) is 18.8. The van der Waals surface area contributed by atoms with Crippen molar-refractivity contribution in [1.29, 1.82) is 0 Å². The van der Waals surface area contributed by atoms with Crippen molar-refractivity contribution >= 4 is 32.7 Å². The Labute approximate surface area is 318 Å². The van der Waals surface area contributed by atoms with Crippen LogP contribution in [0.25, 0.3) is 89.5 Å². The molecule has 0 N–H and O–H groups in total. The van der Waals surface area contributed by atoms with Crippen molar-refractivity contribution in [2.24, 2.45) is 0 Å². The highest BCUT2D eigenvalue weighted by atomic mass is 15.0. The van der Waals surface area contributed by atoms with E-state index in [9.17, 15) is 0 Å². The fraction of sp³-hybridized carbons (Fsp3) is 0.0600. The smallest absolute Gasteiger partial charge is 0.164 e. The number of hydrogen-bond acceptors (Lipinski definition) is 3. The van der Waals surface area contributed by atoms with Gasteiger partial charge in [-0.2, -0.15) is 0 Å². The van der Waals surface area contributed by atoms with E-state index in [2.05, 4.69) is 138 Å². The van der Waals surface area contributed by atoms with Gasteiger partial charge in [0.25, 0.3) is 0 Å². The highest BCUT2D eigenvalue weighted by molar-refractivity contribution is 6.15. The van der Waals surface area contributed by atoms with Crippen LogP contribution in [0.4, 0.5) is 0 Å². The third-order valence-corrected chi connectivity index (χ3v) is 11.3. The Balaban J connectivity index is 1.17. The van der Waals surface area contributed by atoms with E-state index in [0.717, 1.165) is 39.1 Å². The Hall–Kier alpha value is -7.11. The largest absolute Gasteiger partial charge is 0.309 e. The van der Waals surface area contributed by atoms with Gasteiger partial charge < -0.3 is 9.13 Å². The molecule has 0 unspecified atom stereocenters. The van der Waals surface area contributed by atoms with Crippen LogP contribution in [0, 0.1) is 0 Å². The molecule has 3 aromatic heterocycles. The van der Waals surface area contributed by atoms with Gasteiger partial charge in [-0.25, -0.2) is 15.0 Å². The van der Waals surface area contributed by atoms with E-state index in [1.54, 1.807) is 0 Å². The fourth-order valence-corrected chi connectivity index (χ4v) is 8.85. The Bertz CT molecular complexity index is 3040. The molecule has 10 aromatic rings. The number of aromatic nitrogens is 5. The average molecular weight is 706 g/mol. The SMILES string of the molecule is CC1(C)c2ccccc2-c2c1c1cc3c4ccccc4n(-c4cccc(-c5nc(-c6ccccc6)nc(-c6ccccc6)n5)c4)c3cc1n2-c1ccccc1. The lowest BCUT2D eigenvalue weighted by molar-refractivity contribution is 0.666. The minimum atomic E-state index is -0.160. The van der Waals surface area contributed by atoms with Crippen LogP contribution in [0.5, 0.6) is 0 Å². The van der Waals surface area contributed by atoms with Gasteiger partial charge in [0.05, 0.1) is 22.2 Å². The van der Waals surface area contributed by atoms with E-state index in [4.69, 9.17) is 15.0 Å². The van der Waals surface area contributed by atoms with Crippen molar-refractivity contribution in [1.82, 2.24) is 24.1 Å². The maximum absolute atomic E-state index is 5.06. The van der Waals surface area contributed by atoms with Gasteiger partial charge >= 0.3 is 0 Å². The summed E-state index contributed by atoms with van der Waals surface area (Å²) in [7, 11) is 0. The van der Waals surface area contributed by atoms with Crippen LogP contribution in [0.3, 0.4) is 0 Å². The van der Waals surface area contributed by atoms with Gasteiger partial charge in [0.15, 0.2) is 17.5 Å². The molecule has 0 fully saturated rings. The van der Waals surface area contributed by atoms with Gasteiger partial charge in [0, 0.05) is 55.2 Å². The molecule has 3 heterocycles. The highest BCUT2D eigenvalue weighted by Crippen LogP contribution is 2.54. The topological polar surface area (TPSA) is 48.5 Å². The molecule has 0 saturated heterocycles. The van der Waals surface area contributed by atoms with Gasteiger partial charge in [-0.15, -0.1) is 0 Å². The fourth-order valence-electron chi connectivity index (χ4n) is 8.85. The lowest BCUT2D eigenvalue weighted by Crippen LogP contribution is -2.14. The number of fused-ring (bicyclic) bond motifs is 8. The van der Waals surface area contributed by atoms with Crippen molar-refractivity contribution < 1.29 is 0 Å². The lowest BCUT2D eigenvalue weighted by atomic mass is 9.81. The van der Waals surface area contributed by atoms with Crippen molar-refractivity contribution in [3.05, 3.63) is 187 Å². The second-order valence-corrected chi connectivity index (χ2v) is 14.9. The first-order valence-corrected chi connectivity index (χ1v) is 18.8. The van der Waals surface area contributed by atoms with E-state index in [1.165, 1.54) is 44.1 Å². The van der Waals surface area contributed by atoms with Crippen LogP contribution in [0.15, 0.2) is 176 Å². The van der Waals surface area contributed by atoms with Gasteiger partial charge in [-0.1, -0.05) is 147 Å². The van der Waals surface area contributed by atoms with E-state index in [-0.39, 0.29) is 5.41 Å². The number of hydrogen-bond donors (Lipinski definition) is 0. The maximum Gasteiger partial charge on any atom is 0.164 e. The van der Waals surface area contributed by atoms with Gasteiger partial charge in [-0.05, 0) is 53.6 Å². The van der Waals surface area contributed by atoms with E-state index in [1.807, 2.05) is 60.7 Å². The molecular formula is C50H35N5. The molecule has 1 aliphatic carbocycles. The molecular weight excluding hydrogens is 671 g/mol. The second-order valence-electron chi connectivity index (χ2n) is 14.9. The second kappa shape index (κ2) is 12.0. The maximum atomic E-state index is 5.06. The third kappa shape index (κ3) is 4.76. The third-order valence-electron chi connectivity index (χ3n) is 11.3. The van der Waals surface area contributed by atoms with Crippen molar-refractivity contribution in [2.45, 2.75) is 19.3 Å². The quantitative estimate of drug-likeness (QED) is 0.179. The molecule has 0 amide bonds. The van der Waals surface area contributed by atoms with Crippen LogP contribution in [0.1, 0.15) is 25.0 Å². The van der Waals surface area contributed by atoms with Crippen molar-refractivity contribution in [2.75, 3.05) is 0 Å². The summed E-state index contributed by atoms with van der Waals surface area (Å²) in [4.78, 5) is 15.0. The number of benzene rings is 7. The zero-order chi connectivity index (χ0) is 36.7. The summed E-state index contributed by atoms with van der Waals surface area (Å²) < 4.78 is 4.88. The Morgan fingerprint density at radius 1 is 0.400 bits per heavy atom.